The highest BCUT2D eigenvalue weighted by molar-refractivity contribution is 6.31. The lowest BCUT2D eigenvalue weighted by Gasteiger charge is -2.36. The van der Waals surface area contributed by atoms with E-state index in [2.05, 4.69) is 4.90 Å². The number of benzene rings is 2. The maximum Gasteiger partial charge on any atom is 0.260 e. The molecule has 2 aromatic rings. The lowest BCUT2D eigenvalue weighted by molar-refractivity contribution is -0.133. The number of anilines is 1. The molecule has 0 bridgehead atoms. The van der Waals surface area contributed by atoms with Crippen molar-refractivity contribution in [3.8, 4) is 5.75 Å². The van der Waals surface area contributed by atoms with E-state index in [9.17, 15) is 9.59 Å². The fourth-order valence-corrected chi connectivity index (χ4v) is 3.29. The van der Waals surface area contributed by atoms with Gasteiger partial charge in [0.05, 0.1) is 5.56 Å². The second-order valence-electron chi connectivity index (χ2n) is 6.14. The number of rotatable bonds is 5. The van der Waals surface area contributed by atoms with Crippen molar-refractivity contribution in [2.75, 3.05) is 37.7 Å². The molecule has 2 aromatic carbocycles. The highest BCUT2D eigenvalue weighted by Crippen LogP contribution is 2.23. The molecular formula is C19H19Cl2N3O3. The van der Waals surface area contributed by atoms with Crippen LogP contribution in [0.4, 0.5) is 5.69 Å². The second kappa shape index (κ2) is 8.50. The van der Waals surface area contributed by atoms with Gasteiger partial charge < -0.3 is 20.3 Å². The SMILES string of the molecule is NC(=O)c1cc(Cl)ccc1OCC(=O)N1CCN(c2cccc(Cl)c2)CC1. The van der Waals surface area contributed by atoms with Crippen LogP contribution in [-0.4, -0.2) is 49.5 Å². The summed E-state index contributed by atoms with van der Waals surface area (Å²) in [6.07, 6.45) is 0. The van der Waals surface area contributed by atoms with Crippen molar-refractivity contribution in [3.05, 3.63) is 58.1 Å². The molecule has 0 aromatic heterocycles. The Balaban J connectivity index is 1.55. The van der Waals surface area contributed by atoms with Crippen LogP contribution in [-0.2, 0) is 4.79 Å². The van der Waals surface area contributed by atoms with Crippen LogP contribution in [0.1, 0.15) is 10.4 Å². The molecule has 0 saturated carbocycles. The van der Waals surface area contributed by atoms with Crippen LogP contribution < -0.4 is 15.4 Å². The monoisotopic (exact) mass is 407 g/mol. The molecule has 142 valence electrons. The van der Waals surface area contributed by atoms with Gasteiger partial charge in [-0.2, -0.15) is 0 Å². The number of nitrogens with zero attached hydrogens (tertiary/aromatic N) is 2. The number of halogens is 2. The standard InChI is InChI=1S/C19H19Cl2N3O3/c20-13-2-1-3-15(10-13)23-6-8-24(9-7-23)18(25)12-27-17-5-4-14(21)11-16(17)19(22)26/h1-5,10-11H,6-9,12H2,(H2,22,26). The Labute approximate surface area is 167 Å². The van der Waals surface area contributed by atoms with Gasteiger partial charge in [0.2, 0.25) is 0 Å². The molecule has 27 heavy (non-hydrogen) atoms. The average molecular weight is 408 g/mol. The minimum absolute atomic E-state index is 0.147. The van der Waals surface area contributed by atoms with E-state index in [0.717, 1.165) is 5.69 Å². The van der Waals surface area contributed by atoms with E-state index in [-0.39, 0.29) is 23.8 Å². The minimum atomic E-state index is -0.657. The van der Waals surface area contributed by atoms with E-state index in [1.54, 1.807) is 11.0 Å². The summed E-state index contributed by atoms with van der Waals surface area (Å²) in [7, 11) is 0. The van der Waals surface area contributed by atoms with Crippen molar-refractivity contribution in [1.82, 2.24) is 4.90 Å². The normalized spacial score (nSPS) is 14.1. The first-order valence-corrected chi connectivity index (χ1v) is 9.20. The van der Waals surface area contributed by atoms with Crippen molar-refractivity contribution in [1.29, 1.82) is 0 Å². The third kappa shape index (κ3) is 4.84. The van der Waals surface area contributed by atoms with Gasteiger partial charge in [-0.3, -0.25) is 9.59 Å². The largest absolute Gasteiger partial charge is 0.483 e. The number of ether oxygens (including phenoxy) is 1. The molecule has 2 amide bonds. The molecule has 2 N–H and O–H groups in total. The summed E-state index contributed by atoms with van der Waals surface area (Å²) >= 11 is 11.9. The molecule has 1 saturated heterocycles. The Kier molecular flexibility index (Phi) is 6.08. The van der Waals surface area contributed by atoms with Crippen molar-refractivity contribution in [3.63, 3.8) is 0 Å². The lowest BCUT2D eigenvalue weighted by atomic mass is 10.2. The summed E-state index contributed by atoms with van der Waals surface area (Å²) in [5.41, 5.74) is 6.52. The Morgan fingerprint density at radius 2 is 1.70 bits per heavy atom. The Hall–Kier alpha value is -2.44. The lowest BCUT2D eigenvalue weighted by Crippen LogP contribution is -2.50. The van der Waals surface area contributed by atoms with Gasteiger partial charge in [-0.05, 0) is 36.4 Å². The van der Waals surface area contributed by atoms with Crippen LogP contribution in [0.2, 0.25) is 10.0 Å². The molecular weight excluding hydrogens is 389 g/mol. The minimum Gasteiger partial charge on any atom is -0.483 e. The van der Waals surface area contributed by atoms with Crippen molar-refractivity contribution in [2.24, 2.45) is 5.73 Å². The first-order valence-electron chi connectivity index (χ1n) is 8.44. The highest BCUT2D eigenvalue weighted by Gasteiger charge is 2.22. The Morgan fingerprint density at radius 1 is 1.00 bits per heavy atom. The molecule has 0 aliphatic carbocycles. The van der Waals surface area contributed by atoms with Gasteiger partial charge in [0.15, 0.2) is 6.61 Å². The third-order valence-electron chi connectivity index (χ3n) is 4.36. The zero-order valence-corrected chi connectivity index (χ0v) is 16.0. The number of primary amides is 1. The van der Waals surface area contributed by atoms with Crippen LogP contribution in [0.25, 0.3) is 0 Å². The summed E-state index contributed by atoms with van der Waals surface area (Å²) < 4.78 is 5.51. The predicted octanol–water partition coefficient (Wildman–Crippen LogP) is 2.82. The highest BCUT2D eigenvalue weighted by atomic mass is 35.5. The number of hydrogen-bond donors (Lipinski definition) is 1. The zero-order chi connectivity index (χ0) is 19.4. The summed E-state index contributed by atoms with van der Waals surface area (Å²) in [6, 6.07) is 12.2. The maximum absolute atomic E-state index is 12.4. The second-order valence-corrected chi connectivity index (χ2v) is 7.01. The first-order chi connectivity index (χ1) is 12.9. The number of nitrogens with two attached hydrogens (primary N) is 1. The zero-order valence-electron chi connectivity index (χ0n) is 14.5. The molecule has 0 atom stereocenters. The molecule has 6 nitrogen and oxygen atoms in total. The van der Waals surface area contributed by atoms with Crippen molar-refractivity contribution >= 4 is 40.7 Å². The van der Waals surface area contributed by atoms with Crippen LogP contribution in [0, 0.1) is 0 Å². The van der Waals surface area contributed by atoms with Gasteiger partial charge in [0.25, 0.3) is 11.8 Å². The smallest absolute Gasteiger partial charge is 0.260 e. The average Bonchev–Trinajstić information content (AvgIpc) is 2.66. The third-order valence-corrected chi connectivity index (χ3v) is 4.83. The van der Waals surface area contributed by atoms with Crippen LogP contribution in [0.3, 0.4) is 0 Å². The quantitative estimate of drug-likeness (QED) is 0.826. The molecule has 8 heteroatoms. The Bertz CT molecular complexity index is 852. The van der Waals surface area contributed by atoms with Crippen LogP contribution in [0.15, 0.2) is 42.5 Å². The molecule has 1 fully saturated rings. The van der Waals surface area contributed by atoms with Crippen LogP contribution in [0.5, 0.6) is 5.75 Å². The van der Waals surface area contributed by atoms with Crippen LogP contribution >= 0.6 is 23.2 Å². The summed E-state index contributed by atoms with van der Waals surface area (Å²) in [5.74, 6) is -0.556. The number of amides is 2. The summed E-state index contributed by atoms with van der Waals surface area (Å²) in [4.78, 5) is 27.8. The molecule has 0 unspecified atom stereocenters. The molecule has 0 radical (unpaired) electrons. The van der Waals surface area contributed by atoms with Crippen molar-refractivity contribution < 1.29 is 14.3 Å². The van der Waals surface area contributed by atoms with E-state index in [0.29, 0.717) is 36.2 Å². The number of hydrogen-bond acceptors (Lipinski definition) is 4. The fourth-order valence-electron chi connectivity index (χ4n) is 2.94. The number of carbonyl (C=O) groups excluding carboxylic acids is 2. The topological polar surface area (TPSA) is 75.9 Å². The number of carbonyl (C=O) groups is 2. The van der Waals surface area contributed by atoms with Gasteiger partial charge in [-0.15, -0.1) is 0 Å². The van der Waals surface area contributed by atoms with Gasteiger partial charge >= 0.3 is 0 Å². The molecule has 3 rings (SSSR count). The van der Waals surface area contributed by atoms with E-state index >= 15 is 0 Å². The predicted molar refractivity (Wildman–Crippen MR) is 106 cm³/mol. The summed E-state index contributed by atoms with van der Waals surface area (Å²) in [5, 5.41) is 1.06. The van der Waals surface area contributed by atoms with E-state index in [1.165, 1.54) is 12.1 Å². The van der Waals surface area contributed by atoms with Crippen molar-refractivity contribution in [2.45, 2.75) is 0 Å². The molecule has 1 heterocycles. The Morgan fingerprint density at radius 3 is 2.37 bits per heavy atom. The van der Waals surface area contributed by atoms with Gasteiger partial charge in [0, 0.05) is 41.9 Å². The summed E-state index contributed by atoms with van der Waals surface area (Å²) in [6.45, 7) is 2.41. The van der Waals surface area contributed by atoms with E-state index in [4.69, 9.17) is 33.7 Å². The van der Waals surface area contributed by atoms with E-state index in [1.807, 2.05) is 24.3 Å². The maximum atomic E-state index is 12.4. The van der Waals surface area contributed by atoms with Gasteiger partial charge in [0.1, 0.15) is 5.75 Å². The first kappa shape index (κ1) is 19.3. The number of piperazine rings is 1. The van der Waals surface area contributed by atoms with Gasteiger partial charge in [-0.1, -0.05) is 29.3 Å². The molecule has 1 aliphatic rings. The molecule has 0 spiro atoms. The molecule has 1 aliphatic heterocycles. The van der Waals surface area contributed by atoms with E-state index < -0.39 is 5.91 Å². The fraction of sp³-hybridized carbons (Fsp3) is 0.263. The van der Waals surface area contributed by atoms with Gasteiger partial charge in [-0.25, -0.2) is 0 Å².